The Balaban J connectivity index is 0.00000280. The third-order valence-electron chi connectivity index (χ3n) is 4.88. The Bertz CT molecular complexity index is 742. The van der Waals surface area contributed by atoms with E-state index in [-0.39, 0.29) is 24.0 Å². The molecule has 0 amide bonds. The lowest BCUT2D eigenvalue weighted by Gasteiger charge is -2.22. The summed E-state index contributed by atoms with van der Waals surface area (Å²) >= 11 is 1.96. The molecule has 6 heteroatoms. The van der Waals surface area contributed by atoms with Gasteiger partial charge >= 0.3 is 0 Å². The highest BCUT2D eigenvalue weighted by Crippen LogP contribution is 2.25. The highest BCUT2D eigenvalue weighted by molar-refractivity contribution is 14.0. The van der Waals surface area contributed by atoms with E-state index in [0.29, 0.717) is 12.5 Å². The number of benzene rings is 2. The first kappa shape index (κ1) is 23.0. The second kappa shape index (κ2) is 12.3. The Morgan fingerprint density at radius 3 is 2.57 bits per heavy atom. The van der Waals surface area contributed by atoms with E-state index in [1.807, 2.05) is 18.8 Å². The minimum atomic E-state index is 0. The van der Waals surface area contributed by atoms with Gasteiger partial charge in [0.05, 0.1) is 6.61 Å². The smallest absolute Gasteiger partial charge is 0.193 e. The predicted molar refractivity (Wildman–Crippen MR) is 130 cm³/mol. The molecule has 1 aliphatic heterocycles. The topological polar surface area (TPSA) is 36.9 Å². The van der Waals surface area contributed by atoms with Crippen LogP contribution in [0.4, 0.5) is 0 Å². The number of hydrogen-bond acceptors (Lipinski definition) is 3. The van der Waals surface area contributed by atoms with Crippen LogP contribution in [0, 0.1) is 5.92 Å². The number of thioether (sulfide) groups is 1. The molecule has 1 heterocycles. The molecule has 2 aromatic carbocycles. The molecule has 0 bridgehead atoms. The maximum absolute atomic E-state index is 5.31. The maximum atomic E-state index is 5.31. The molecule has 1 unspecified atom stereocenters. The van der Waals surface area contributed by atoms with Gasteiger partial charge in [0.2, 0.25) is 0 Å². The van der Waals surface area contributed by atoms with Gasteiger partial charge in [-0.25, -0.2) is 0 Å². The van der Waals surface area contributed by atoms with Gasteiger partial charge in [-0.3, -0.25) is 4.99 Å². The summed E-state index contributed by atoms with van der Waals surface area (Å²) in [6, 6.07) is 19.1. The largest absolute Gasteiger partial charge is 0.380 e. The van der Waals surface area contributed by atoms with Crippen molar-refractivity contribution in [1.82, 2.24) is 10.2 Å². The monoisotopic (exact) mass is 511 g/mol. The van der Waals surface area contributed by atoms with Crippen molar-refractivity contribution in [3.05, 3.63) is 65.7 Å². The number of aliphatic imine (C=N–C) groups is 1. The van der Waals surface area contributed by atoms with Crippen LogP contribution >= 0.6 is 35.7 Å². The molecule has 0 radical (unpaired) electrons. The van der Waals surface area contributed by atoms with Gasteiger partial charge in [0.15, 0.2) is 5.96 Å². The van der Waals surface area contributed by atoms with Crippen LogP contribution in [0.25, 0.3) is 0 Å². The normalized spacial score (nSPS) is 16.7. The first-order valence-electron chi connectivity index (χ1n) is 9.49. The third-order valence-corrected chi connectivity index (χ3v) is 6.12. The van der Waals surface area contributed by atoms with Crippen molar-refractivity contribution in [3.8, 4) is 0 Å². The van der Waals surface area contributed by atoms with Gasteiger partial charge in [0, 0.05) is 44.4 Å². The number of guanidine groups is 1. The zero-order chi connectivity index (χ0) is 18.9. The summed E-state index contributed by atoms with van der Waals surface area (Å²) in [5, 5.41) is 3.53. The van der Waals surface area contributed by atoms with Crippen molar-refractivity contribution in [2.24, 2.45) is 10.9 Å². The summed E-state index contributed by atoms with van der Waals surface area (Å²) in [6.07, 6.45) is 1.22. The molecule has 152 valence electrons. The Morgan fingerprint density at radius 1 is 1.14 bits per heavy atom. The van der Waals surface area contributed by atoms with E-state index in [2.05, 4.69) is 69.8 Å². The second-order valence-electron chi connectivity index (χ2n) is 6.83. The van der Waals surface area contributed by atoms with E-state index < -0.39 is 0 Å². The molecule has 1 saturated heterocycles. The zero-order valence-corrected chi connectivity index (χ0v) is 19.8. The van der Waals surface area contributed by atoms with E-state index in [1.165, 1.54) is 22.4 Å². The van der Waals surface area contributed by atoms with Gasteiger partial charge in [0.25, 0.3) is 0 Å². The van der Waals surface area contributed by atoms with Crippen LogP contribution in [-0.2, 0) is 17.9 Å². The number of halogens is 1. The van der Waals surface area contributed by atoms with E-state index in [4.69, 9.17) is 4.74 Å². The Morgan fingerprint density at radius 2 is 1.86 bits per heavy atom. The van der Waals surface area contributed by atoms with Crippen molar-refractivity contribution in [2.75, 3.05) is 33.0 Å². The standard InChI is InChI=1S/C22H29N3OS.HI/c1-23-22(24-14-19-8-6-7-9-20(19)16-26-2)25-13-12-18(15-25)17-27-21-10-4-3-5-11-21;/h3-11,18H,12-17H2,1-2H3,(H,23,24);1H. The van der Waals surface area contributed by atoms with Gasteiger partial charge in [-0.1, -0.05) is 42.5 Å². The van der Waals surface area contributed by atoms with Crippen molar-refractivity contribution in [1.29, 1.82) is 0 Å². The van der Waals surface area contributed by atoms with E-state index >= 15 is 0 Å². The number of nitrogens with zero attached hydrogens (tertiary/aromatic N) is 2. The molecule has 0 spiro atoms. The van der Waals surface area contributed by atoms with Crippen LogP contribution in [0.1, 0.15) is 17.5 Å². The summed E-state index contributed by atoms with van der Waals surface area (Å²) in [7, 11) is 3.61. The van der Waals surface area contributed by atoms with Crippen molar-refractivity contribution < 1.29 is 4.74 Å². The second-order valence-corrected chi connectivity index (χ2v) is 7.92. The lowest BCUT2D eigenvalue weighted by Crippen LogP contribution is -2.39. The van der Waals surface area contributed by atoms with Gasteiger partial charge in [0.1, 0.15) is 0 Å². The quantitative estimate of drug-likeness (QED) is 0.255. The fourth-order valence-electron chi connectivity index (χ4n) is 3.42. The van der Waals surface area contributed by atoms with Crippen molar-refractivity contribution in [3.63, 3.8) is 0 Å². The molecule has 3 rings (SSSR count). The summed E-state index contributed by atoms with van der Waals surface area (Å²) in [4.78, 5) is 8.25. The summed E-state index contributed by atoms with van der Waals surface area (Å²) in [6.45, 7) is 3.55. The van der Waals surface area contributed by atoms with Gasteiger partial charge < -0.3 is 15.0 Å². The Kier molecular flexibility index (Phi) is 10.2. The molecule has 0 aliphatic carbocycles. The average molecular weight is 511 g/mol. The summed E-state index contributed by atoms with van der Waals surface area (Å²) in [5.74, 6) is 2.86. The minimum Gasteiger partial charge on any atom is -0.380 e. The molecule has 4 nitrogen and oxygen atoms in total. The van der Waals surface area contributed by atoms with Gasteiger partial charge in [-0.2, -0.15) is 0 Å². The van der Waals surface area contributed by atoms with E-state index in [0.717, 1.165) is 31.3 Å². The number of rotatable bonds is 7. The summed E-state index contributed by atoms with van der Waals surface area (Å²) < 4.78 is 5.31. The highest BCUT2D eigenvalue weighted by atomic mass is 127. The van der Waals surface area contributed by atoms with Crippen LogP contribution < -0.4 is 5.32 Å². The molecule has 1 atom stereocenters. The van der Waals surface area contributed by atoms with Crippen LogP contribution in [0.3, 0.4) is 0 Å². The minimum absolute atomic E-state index is 0. The SMILES string of the molecule is CN=C(NCc1ccccc1COC)N1CCC(CSc2ccccc2)C1.I. The zero-order valence-electron chi connectivity index (χ0n) is 16.6. The first-order chi connectivity index (χ1) is 13.3. The molecule has 28 heavy (non-hydrogen) atoms. The number of methoxy groups -OCH3 is 1. The fraction of sp³-hybridized carbons (Fsp3) is 0.409. The maximum Gasteiger partial charge on any atom is 0.193 e. The molecule has 1 N–H and O–H groups in total. The third kappa shape index (κ3) is 6.67. The number of nitrogens with one attached hydrogen (secondary N) is 1. The lowest BCUT2D eigenvalue weighted by atomic mass is 10.1. The van der Waals surface area contributed by atoms with Crippen molar-refractivity contribution in [2.45, 2.75) is 24.5 Å². The number of likely N-dealkylation sites (tertiary alicyclic amines) is 1. The van der Waals surface area contributed by atoms with Gasteiger partial charge in [-0.15, -0.1) is 35.7 Å². The fourth-order valence-corrected chi connectivity index (χ4v) is 4.47. The molecule has 1 aliphatic rings. The average Bonchev–Trinajstić information content (AvgIpc) is 3.18. The first-order valence-corrected chi connectivity index (χ1v) is 10.5. The molecule has 0 aromatic heterocycles. The molecular weight excluding hydrogens is 481 g/mol. The van der Waals surface area contributed by atoms with Crippen LogP contribution in [0.15, 0.2) is 64.5 Å². The number of hydrogen-bond donors (Lipinski definition) is 1. The lowest BCUT2D eigenvalue weighted by molar-refractivity contribution is 0.184. The summed E-state index contributed by atoms with van der Waals surface area (Å²) in [5.41, 5.74) is 2.48. The van der Waals surface area contributed by atoms with Crippen LogP contribution in [-0.4, -0.2) is 43.9 Å². The van der Waals surface area contributed by atoms with Gasteiger partial charge in [-0.05, 0) is 35.6 Å². The molecule has 1 fully saturated rings. The Labute approximate surface area is 190 Å². The van der Waals surface area contributed by atoms with E-state index in [1.54, 1.807) is 7.11 Å². The van der Waals surface area contributed by atoms with Crippen LogP contribution in [0.5, 0.6) is 0 Å². The molecular formula is C22H30IN3OS. The Hall–Kier alpha value is -1.25. The predicted octanol–water partition coefficient (Wildman–Crippen LogP) is 4.64. The number of ether oxygens (including phenoxy) is 1. The molecule has 0 saturated carbocycles. The van der Waals surface area contributed by atoms with Crippen molar-refractivity contribution >= 4 is 41.7 Å². The van der Waals surface area contributed by atoms with E-state index in [9.17, 15) is 0 Å². The highest BCUT2D eigenvalue weighted by Gasteiger charge is 2.24. The molecule has 2 aromatic rings. The van der Waals surface area contributed by atoms with Crippen LogP contribution in [0.2, 0.25) is 0 Å².